The number of benzene rings is 1. The van der Waals surface area contributed by atoms with Crippen molar-refractivity contribution >= 4 is 20.6 Å². The summed E-state index contributed by atoms with van der Waals surface area (Å²) in [5.41, 5.74) is 3.29. The van der Waals surface area contributed by atoms with E-state index in [0.29, 0.717) is 16.7 Å². The summed E-state index contributed by atoms with van der Waals surface area (Å²) in [7, 11) is -3.23. The van der Waals surface area contributed by atoms with E-state index in [1.54, 1.807) is 0 Å². The van der Waals surface area contributed by atoms with Crippen molar-refractivity contribution < 1.29 is 8.42 Å². The van der Waals surface area contributed by atoms with Crippen molar-refractivity contribution in [1.82, 2.24) is 4.98 Å². The molecule has 0 unspecified atom stereocenters. The van der Waals surface area contributed by atoms with Gasteiger partial charge in [-0.25, -0.2) is 8.42 Å². The van der Waals surface area contributed by atoms with Crippen LogP contribution in [0.3, 0.4) is 0 Å². The standard InChI is InChI=1S/C17H19NO2S/c1-10-5-12-7-13-9-18-16(11-3-4-11)8-15(13)17(14(12)6-10)21(2,19)20/h7-11H,3-6H2,1-2H3/t10-/m1/s1. The quantitative estimate of drug-likeness (QED) is 0.855. The number of hydrogen-bond acceptors (Lipinski definition) is 3. The van der Waals surface area contributed by atoms with Crippen molar-refractivity contribution in [3.05, 3.63) is 35.2 Å². The molecule has 0 amide bonds. The highest BCUT2D eigenvalue weighted by Crippen LogP contribution is 2.42. The van der Waals surface area contributed by atoms with Crippen LogP contribution < -0.4 is 0 Å². The van der Waals surface area contributed by atoms with Gasteiger partial charge in [0, 0.05) is 34.8 Å². The van der Waals surface area contributed by atoms with E-state index in [0.717, 1.165) is 34.9 Å². The summed E-state index contributed by atoms with van der Waals surface area (Å²) in [6, 6.07) is 4.17. The van der Waals surface area contributed by atoms with Crippen LogP contribution in [0, 0.1) is 5.92 Å². The van der Waals surface area contributed by atoms with E-state index in [1.807, 2.05) is 12.3 Å². The number of rotatable bonds is 2. The van der Waals surface area contributed by atoms with E-state index >= 15 is 0 Å². The molecule has 4 heteroatoms. The van der Waals surface area contributed by atoms with Crippen molar-refractivity contribution in [2.45, 2.75) is 43.4 Å². The Morgan fingerprint density at radius 3 is 2.62 bits per heavy atom. The lowest BCUT2D eigenvalue weighted by Crippen LogP contribution is -2.05. The molecule has 0 aliphatic heterocycles. The lowest BCUT2D eigenvalue weighted by Gasteiger charge is -2.12. The SMILES string of the molecule is C[C@@H]1Cc2cc3cnc(C4CC4)cc3c(S(C)(=O)=O)c2C1. The van der Waals surface area contributed by atoms with E-state index in [4.69, 9.17) is 0 Å². The molecule has 1 heterocycles. The molecule has 0 radical (unpaired) electrons. The van der Waals surface area contributed by atoms with Crippen LogP contribution in [0.4, 0.5) is 0 Å². The third kappa shape index (κ3) is 2.16. The summed E-state index contributed by atoms with van der Waals surface area (Å²) in [6.45, 7) is 2.19. The fraction of sp³-hybridized carbons (Fsp3) is 0.471. The highest BCUT2D eigenvalue weighted by atomic mass is 32.2. The number of hydrogen-bond donors (Lipinski definition) is 0. The Morgan fingerprint density at radius 2 is 1.95 bits per heavy atom. The van der Waals surface area contributed by atoms with Gasteiger partial charge >= 0.3 is 0 Å². The number of sulfone groups is 1. The average molecular weight is 301 g/mol. The fourth-order valence-electron chi connectivity index (χ4n) is 3.60. The van der Waals surface area contributed by atoms with Gasteiger partial charge < -0.3 is 0 Å². The fourth-order valence-corrected chi connectivity index (χ4v) is 4.84. The van der Waals surface area contributed by atoms with Gasteiger partial charge in [0.05, 0.1) is 4.90 Å². The molecular formula is C17H19NO2S. The summed E-state index contributed by atoms with van der Waals surface area (Å²) in [6.07, 6.45) is 7.39. The van der Waals surface area contributed by atoms with E-state index in [-0.39, 0.29) is 0 Å². The van der Waals surface area contributed by atoms with Crippen LogP contribution >= 0.6 is 0 Å². The molecule has 0 spiro atoms. The Bertz CT molecular complexity index is 851. The predicted octanol–water partition coefficient (Wildman–Crippen LogP) is 3.25. The number of nitrogens with zero attached hydrogens (tertiary/aromatic N) is 1. The lowest BCUT2D eigenvalue weighted by molar-refractivity contribution is 0.599. The lowest BCUT2D eigenvalue weighted by atomic mass is 10.0. The second-order valence-corrected chi connectivity index (χ2v) is 8.69. The van der Waals surface area contributed by atoms with Crippen LogP contribution in [0.1, 0.15) is 42.5 Å². The summed E-state index contributed by atoms with van der Waals surface area (Å²) < 4.78 is 24.8. The molecule has 110 valence electrons. The molecule has 4 rings (SSSR count). The monoisotopic (exact) mass is 301 g/mol. The molecule has 1 atom stereocenters. The van der Waals surface area contributed by atoms with Crippen molar-refractivity contribution in [2.24, 2.45) is 5.92 Å². The van der Waals surface area contributed by atoms with Crippen LogP contribution in [0.15, 0.2) is 23.2 Å². The normalized spacial score (nSPS) is 21.7. The number of aromatic nitrogens is 1. The van der Waals surface area contributed by atoms with Gasteiger partial charge in [0.1, 0.15) is 0 Å². The van der Waals surface area contributed by atoms with Gasteiger partial charge in [-0.1, -0.05) is 6.92 Å². The van der Waals surface area contributed by atoms with Crippen molar-refractivity contribution in [1.29, 1.82) is 0 Å². The molecule has 2 aliphatic rings. The Hall–Kier alpha value is -1.42. The first-order chi connectivity index (χ1) is 9.93. The molecule has 1 fully saturated rings. The molecule has 3 nitrogen and oxygen atoms in total. The third-order valence-corrected chi connectivity index (χ3v) is 5.89. The zero-order valence-electron chi connectivity index (χ0n) is 12.4. The van der Waals surface area contributed by atoms with Gasteiger partial charge in [0.15, 0.2) is 9.84 Å². The molecule has 21 heavy (non-hydrogen) atoms. The second-order valence-electron chi connectivity index (χ2n) is 6.73. The summed E-state index contributed by atoms with van der Waals surface area (Å²) in [4.78, 5) is 5.10. The Kier molecular flexibility index (Phi) is 2.71. The van der Waals surface area contributed by atoms with Gasteiger partial charge in [-0.3, -0.25) is 4.98 Å². The zero-order valence-corrected chi connectivity index (χ0v) is 13.2. The maximum atomic E-state index is 12.4. The van der Waals surface area contributed by atoms with Crippen molar-refractivity contribution in [3.8, 4) is 0 Å². The summed E-state index contributed by atoms with van der Waals surface area (Å²) in [5, 5.41) is 1.84. The Balaban J connectivity index is 2.07. The highest BCUT2D eigenvalue weighted by molar-refractivity contribution is 7.91. The Morgan fingerprint density at radius 1 is 1.19 bits per heavy atom. The van der Waals surface area contributed by atoms with E-state index in [2.05, 4.69) is 18.0 Å². The first kappa shape index (κ1) is 13.3. The van der Waals surface area contributed by atoms with Crippen LogP contribution in [-0.2, 0) is 22.7 Å². The van der Waals surface area contributed by atoms with Crippen LogP contribution in [0.25, 0.3) is 10.8 Å². The molecular weight excluding hydrogens is 282 g/mol. The molecule has 2 aromatic rings. The first-order valence-corrected chi connectivity index (χ1v) is 9.47. The number of pyridine rings is 1. The minimum Gasteiger partial charge on any atom is -0.260 e. The molecule has 0 saturated heterocycles. The topological polar surface area (TPSA) is 47.0 Å². The number of fused-ring (bicyclic) bond motifs is 2. The minimum atomic E-state index is -3.23. The Labute approximate surface area is 125 Å². The highest BCUT2D eigenvalue weighted by Gasteiger charge is 2.29. The molecule has 1 saturated carbocycles. The van der Waals surface area contributed by atoms with Gasteiger partial charge in [-0.15, -0.1) is 0 Å². The largest absolute Gasteiger partial charge is 0.260 e. The molecule has 2 aliphatic carbocycles. The summed E-state index contributed by atoms with van der Waals surface area (Å²) in [5.74, 6) is 1.06. The maximum absolute atomic E-state index is 12.4. The van der Waals surface area contributed by atoms with E-state index in [1.165, 1.54) is 24.7 Å². The summed E-state index contributed by atoms with van der Waals surface area (Å²) >= 11 is 0. The molecule has 0 bridgehead atoms. The average Bonchev–Trinajstić information content (AvgIpc) is 3.16. The van der Waals surface area contributed by atoms with Gasteiger partial charge in [0.25, 0.3) is 0 Å². The van der Waals surface area contributed by atoms with E-state index < -0.39 is 9.84 Å². The predicted molar refractivity (Wildman–Crippen MR) is 83.4 cm³/mol. The van der Waals surface area contributed by atoms with Crippen LogP contribution in [0.5, 0.6) is 0 Å². The van der Waals surface area contributed by atoms with Crippen molar-refractivity contribution in [3.63, 3.8) is 0 Å². The molecule has 0 N–H and O–H groups in total. The second kappa shape index (κ2) is 4.29. The van der Waals surface area contributed by atoms with Crippen LogP contribution in [-0.4, -0.2) is 19.7 Å². The van der Waals surface area contributed by atoms with Gasteiger partial charge in [-0.05, 0) is 54.9 Å². The third-order valence-electron chi connectivity index (χ3n) is 4.68. The smallest absolute Gasteiger partial charge is 0.176 e. The zero-order chi connectivity index (χ0) is 14.8. The van der Waals surface area contributed by atoms with Crippen molar-refractivity contribution in [2.75, 3.05) is 6.26 Å². The first-order valence-electron chi connectivity index (χ1n) is 7.58. The van der Waals surface area contributed by atoms with E-state index in [9.17, 15) is 8.42 Å². The van der Waals surface area contributed by atoms with Crippen LogP contribution in [0.2, 0.25) is 0 Å². The molecule has 1 aromatic carbocycles. The maximum Gasteiger partial charge on any atom is 0.176 e. The minimum absolute atomic E-state index is 0.521. The molecule has 1 aromatic heterocycles. The van der Waals surface area contributed by atoms with Gasteiger partial charge in [0.2, 0.25) is 0 Å². The van der Waals surface area contributed by atoms with Gasteiger partial charge in [-0.2, -0.15) is 0 Å².